The fourth-order valence-corrected chi connectivity index (χ4v) is 4.65. The first-order valence-corrected chi connectivity index (χ1v) is 11.5. The molecular weight excluding hydrogens is 414 g/mol. The van der Waals surface area contributed by atoms with Gasteiger partial charge in [-0.05, 0) is 43.0 Å². The summed E-state index contributed by atoms with van der Waals surface area (Å²) in [6.07, 6.45) is 4.01. The summed E-state index contributed by atoms with van der Waals surface area (Å²) in [7, 11) is 0. The number of nitrogens with zero attached hydrogens (tertiary/aromatic N) is 1. The Morgan fingerprint density at radius 3 is 2.58 bits per heavy atom. The molecule has 0 bridgehead atoms. The summed E-state index contributed by atoms with van der Waals surface area (Å²) >= 11 is 6.21. The number of halogens is 1. The normalized spacial score (nSPS) is 20.5. The average molecular weight is 444 g/mol. The molecule has 1 unspecified atom stereocenters. The number of piperidine rings is 1. The molecule has 2 aliphatic heterocycles. The van der Waals surface area contributed by atoms with E-state index in [1.165, 1.54) is 0 Å². The van der Waals surface area contributed by atoms with E-state index in [2.05, 4.69) is 0 Å². The van der Waals surface area contributed by atoms with E-state index in [1.54, 1.807) is 0 Å². The molecule has 2 aromatic carbocycles. The Labute approximate surface area is 189 Å². The number of rotatable bonds is 7. The number of para-hydroxylation sites is 1. The van der Waals surface area contributed by atoms with Gasteiger partial charge in [0.2, 0.25) is 5.91 Å². The van der Waals surface area contributed by atoms with Crippen molar-refractivity contribution in [1.29, 1.82) is 0 Å². The Bertz CT molecular complexity index is 852. The lowest BCUT2D eigenvalue weighted by atomic mass is 9.83. The molecule has 1 amide bonds. The topological polar surface area (TPSA) is 48.0 Å². The van der Waals surface area contributed by atoms with Crippen LogP contribution in [0.4, 0.5) is 0 Å². The molecule has 0 radical (unpaired) electrons. The Hall–Kier alpha value is -2.08. The van der Waals surface area contributed by atoms with Gasteiger partial charge in [0.15, 0.2) is 0 Å². The van der Waals surface area contributed by atoms with Crippen LogP contribution < -0.4 is 4.74 Å². The lowest BCUT2D eigenvalue weighted by molar-refractivity contribution is -0.162. The van der Waals surface area contributed by atoms with E-state index < -0.39 is 0 Å². The number of carbonyl (C=O) groups is 1. The largest absolute Gasteiger partial charge is 0.491 e. The number of benzene rings is 2. The third-order valence-corrected chi connectivity index (χ3v) is 6.59. The number of ether oxygens (including phenoxy) is 3. The molecule has 6 heteroatoms. The van der Waals surface area contributed by atoms with Crippen LogP contribution >= 0.6 is 11.6 Å². The summed E-state index contributed by atoms with van der Waals surface area (Å²) in [5.41, 5.74) is 0.708. The monoisotopic (exact) mass is 443 g/mol. The molecule has 0 aromatic heterocycles. The van der Waals surface area contributed by atoms with Gasteiger partial charge in [0.05, 0.1) is 24.7 Å². The Morgan fingerprint density at radius 1 is 1.06 bits per heavy atom. The quantitative estimate of drug-likeness (QED) is 0.590. The molecular formula is C25H30ClNO4. The molecule has 2 aliphatic rings. The van der Waals surface area contributed by atoms with Crippen LogP contribution in [-0.2, 0) is 20.7 Å². The molecule has 1 atom stereocenters. The Morgan fingerprint density at radius 2 is 1.81 bits per heavy atom. The lowest BCUT2D eigenvalue weighted by Gasteiger charge is -2.46. The van der Waals surface area contributed by atoms with E-state index >= 15 is 0 Å². The predicted octanol–water partition coefficient (Wildman–Crippen LogP) is 4.52. The zero-order valence-corrected chi connectivity index (χ0v) is 18.6. The van der Waals surface area contributed by atoms with Crippen LogP contribution in [0.1, 0.15) is 31.2 Å². The van der Waals surface area contributed by atoms with Gasteiger partial charge in [0.25, 0.3) is 0 Å². The summed E-state index contributed by atoms with van der Waals surface area (Å²) in [6, 6.07) is 17.3. The molecule has 0 N–H and O–H groups in total. The van der Waals surface area contributed by atoms with Gasteiger partial charge in [-0.25, -0.2) is 0 Å². The minimum atomic E-state index is -0.176. The maximum atomic E-state index is 12.7. The lowest BCUT2D eigenvalue weighted by Crippen LogP contribution is -2.52. The summed E-state index contributed by atoms with van der Waals surface area (Å²) in [5, 5.41) is 0.649. The number of carbonyl (C=O) groups excluding carboxylic acids is 1. The van der Waals surface area contributed by atoms with E-state index in [9.17, 15) is 4.79 Å². The molecule has 0 saturated carbocycles. The second-order valence-corrected chi connectivity index (χ2v) is 8.73. The van der Waals surface area contributed by atoms with E-state index in [-0.39, 0.29) is 17.6 Å². The highest BCUT2D eigenvalue weighted by Gasteiger charge is 2.41. The van der Waals surface area contributed by atoms with Crippen molar-refractivity contribution in [3.05, 3.63) is 65.2 Å². The van der Waals surface area contributed by atoms with Crippen LogP contribution in [0, 0.1) is 0 Å². The summed E-state index contributed by atoms with van der Waals surface area (Å²) < 4.78 is 18.0. The molecule has 5 nitrogen and oxygen atoms in total. The molecule has 2 fully saturated rings. The number of hydrogen-bond acceptors (Lipinski definition) is 4. The fourth-order valence-electron chi connectivity index (χ4n) is 4.44. The van der Waals surface area contributed by atoms with Crippen LogP contribution in [0.25, 0.3) is 0 Å². The molecule has 0 aliphatic carbocycles. The van der Waals surface area contributed by atoms with Gasteiger partial charge in [-0.15, -0.1) is 0 Å². The molecule has 2 aromatic rings. The van der Waals surface area contributed by atoms with Crippen LogP contribution in [0.15, 0.2) is 54.6 Å². The molecule has 4 rings (SSSR count). The van der Waals surface area contributed by atoms with Gasteiger partial charge in [-0.2, -0.15) is 0 Å². The van der Waals surface area contributed by atoms with Crippen molar-refractivity contribution >= 4 is 17.5 Å². The third kappa shape index (κ3) is 6.00. The van der Waals surface area contributed by atoms with Gasteiger partial charge in [-0.3, -0.25) is 4.79 Å². The van der Waals surface area contributed by atoms with Crippen molar-refractivity contribution in [1.82, 2.24) is 4.90 Å². The smallest absolute Gasteiger partial charge is 0.227 e. The second-order valence-electron chi connectivity index (χ2n) is 8.33. The Kier molecular flexibility index (Phi) is 7.49. The SMILES string of the molecule is O=C(Cc1ccccc1Cl)N1CCC2(CC1)CC(OCCOc1ccccc1)CCO2. The van der Waals surface area contributed by atoms with Crippen molar-refractivity contribution in [2.75, 3.05) is 32.9 Å². The molecule has 2 heterocycles. The van der Waals surface area contributed by atoms with Crippen molar-refractivity contribution in [3.8, 4) is 5.75 Å². The van der Waals surface area contributed by atoms with Gasteiger partial charge < -0.3 is 19.1 Å². The highest BCUT2D eigenvalue weighted by molar-refractivity contribution is 6.31. The first-order valence-electron chi connectivity index (χ1n) is 11.1. The van der Waals surface area contributed by atoms with Crippen LogP contribution in [0.5, 0.6) is 5.75 Å². The van der Waals surface area contributed by atoms with Gasteiger partial charge in [0.1, 0.15) is 12.4 Å². The van der Waals surface area contributed by atoms with Gasteiger partial charge in [-0.1, -0.05) is 48.0 Å². The van der Waals surface area contributed by atoms with E-state index in [1.807, 2.05) is 59.5 Å². The van der Waals surface area contributed by atoms with E-state index in [4.69, 9.17) is 25.8 Å². The fraction of sp³-hybridized carbons (Fsp3) is 0.480. The standard InChI is InChI=1S/C25H30ClNO4/c26-23-9-5-4-6-20(23)18-24(28)27-13-11-25(12-14-27)19-22(10-15-31-25)30-17-16-29-21-7-2-1-3-8-21/h1-9,22H,10-19H2. The van der Waals surface area contributed by atoms with E-state index in [0.29, 0.717) is 44.4 Å². The minimum absolute atomic E-state index is 0.129. The third-order valence-electron chi connectivity index (χ3n) is 6.22. The summed E-state index contributed by atoms with van der Waals surface area (Å²) in [4.78, 5) is 14.7. The maximum absolute atomic E-state index is 12.7. The Balaban J connectivity index is 1.21. The van der Waals surface area contributed by atoms with Crippen LogP contribution in [0.3, 0.4) is 0 Å². The van der Waals surface area contributed by atoms with E-state index in [0.717, 1.165) is 37.0 Å². The van der Waals surface area contributed by atoms with Crippen molar-refractivity contribution < 1.29 is 19.0 Å². The minimum Gasteiger partial charge on any atom is -0.491 e. The van der Waals surface area contributed by atoms with Crippen molar-refractivity contribution in [3.63, 3.8) is 0 Å². The van der Waals surface area contributed by atoms with Crippen LogP contribution in [-0.4, -0.2) is 55.4 Å². The number of amides is 1. The summed E-state index contributed by atoms with van der Waals surface area (Å²) in [5.74, 6) is 0.994. The number of likely N-dealkylation sites (tertiary alicyclic amines) is 1. The number of hydrogen-bond donors (Lipinski definition) is 0. The molecule has 31 heavy (non-hydrogen) atoms. The second kappa shape index (κ2) is 10.5. The summed E-state index contributed by atoms with van der Waals surface area (Å²) in [6.45, 7) is 3.24. The van der Waals surface area contributed by atoms with Gasteiger partial charge >= 0.3 is 0 Å². The van der Waals surface area contributed by atoms with Crippen molar-refractivity contribution in [2.24, 2.45) is 0 Å². The van der Waals surface area contributed by atoms with Gasteiger partial charge in [0, 0.05) is 31.1 Å². The van der Waals surface area contributed by atoms with Crippen molar-refractivity contribution in [2.45, 2.75) is 43.8 Å². The first-order chi connectivity index (χ1) is 15.1. The zero-order valence-electron chi connectivity index (χ0n) is 17.8. The van der Waals surface area contributed by atoms with Crippen LogP contribution in [0.2, 0.25) is 5.02 Å². The average Bonchev–Trinajstić information content (AvgIpc) is 2.80. The molecule has 1 spiro atoms. The predicted molar refractivity (Wildman–Crippen MR) is 121 cm³/mol. The molecule has 2 saturated heterocycles. The molecule has 166 valence electrons. The first kappa shape index (κ1) is 22.1. The highest BCUT2D eigenvalue weighted by atomic mass is 35.5. The highest BCUT2D eigenvalue weighted by Crippen LogP contribution is 2.36. The maximum Gasteiger partial charge on any atom is 0.227 e. The zero-order chi connectivity index (χ0) is 21.5.